The molecule has 6 nitrogen and oxygen atoms in total. The fourth-order valence-electron chi connectivity index (χ4n) is 1.93. The van der Waals surface area contributed by atoms with Gasteiger partial charge in [0.25, 0.3) is 11.8 Å². The molecule has 0 atom stereocenters. The van der Waals surface area contributed by atoms with Crippen LogP contribution < -0.4 is 0 Å². The van der Waals surface area contributed by atoms with Gasteiger partial charge in [-0.05, 0) is 19.1 Å². The van der Waals surface area contributed by atoms with E-state index >= 15 is 0 Å². The maximum Gasteiger partial charge on any atom is 0.261 e. The Morgan fingerprint density at radius 1 is 1.11 bits per heavy atom. The first-order valence-electron chi connectivity index (χ1n) is 5.41. The van der Waals surface area contributed by atoms with E-state index in [1.54, 1.807) is 31.2 Å². The minimum absolute atomic E-state index is 0.0850. The van der Waals surface area contributed by atoms with Gasteiger partial charge in [-0.1, -0.05) is 22.4 Å². The lowest BCUT2D eigenvalue weighted by Gasteiger charge is -2.11. The van der Waals surface area contributed by atoms with Crippen LogP contribution in [0.1, 0.15) is 32.1 Å². The molecule has 0 radical (unpaired) electrons. The number of rotatable bonds is 2. The van der Waals surface area contributed by atoms with Crippen LogP contribution in [0.3, 0.4) is 0 Å². The van der Waals surface area contributed by atoms with Crippen molar-refractivity contribution in [1.82, 2.24) is 15.2 Å². The van der Waals surface area contributed by atoms with E-state index in [1.165, 1.54) is 0 Å². The Bertz CT molecular complexity index is 613. The molecule has 2 amide bonds. The van der Waals surface area contributed by atoms with Gasteiger partial charge in [0, 0.05) is 0 Å². The number of imide groups is 1. The smallest absolute Gasteiger partial charge is 0.261 e. The van der Waals surface area contributed by atoms with Crippen LogP contribution in [0.15, 0.2) is 28.9 Å². The van der Waals surface area contributed by atoms with Gasteiger partial charge in [-0.15, -0.1) is 0 Å². The predicted molar refractivity (Wildman–Crippen MR) is 59.7 cm³/mol. The lowest BCUT2D eigenvalue weighted by molar-refractivity contribution is 0.0639. The molecule has 0 bridgehead atoms. The van der Waals surface area contributed by atoms with E-state index in [0.717, 1.165) is 4.90 Å². The summed E-state index contributed by atoms with van der Waals surface area (Å²) in [4.78, 5) is 25.3. The Balaban J connectivity index is 1.95. The van der Waals surface area contributed by atoms with Crippen LogP contribution in [-0.2, 0) is 6.54 Å². The summed E-state index contributed by atoms with van der Waals surface area (Å²) in [5.74, 6) is -0.615. The third-order valence-electron chi connectivity index (χ3n) is 2.93. The summed E-state index contributed by atoms with van der Waals surface area (Å²) in [5.41, 5.74) is 1.92. The second-order valence-corrected chi connectivity index (χ2v) is 4.04. The van der Waals surface area contributed by atoms with Gasteiger partial charge >= 0.3 is 0 Å². The normalized spacial score (nSPS) is 14.2. The largest absolute Gasteiger partial charge is 0.269 e. The molecule has 0 fully saturated rings. The monoisotopic (exact) mass is 243 g/mol. The summed E-state index contributed by atoms with van der Waals surface area (Å²) in [7, 11) is 0. The molecule has 0 N–H and O–H groups in total. The predicted octanol–water partition coefficient (Wildman–Crippen LogP) is 1.17. The molecule has 0 saturated carbocycles. The molecule has 1 aliphatic rings. The second-order valence-electron chi connectivity index (χ2n) is 4.04. The number of hydrogen-bond acceptors (Lipinski definition) is 5. The van der Waals surface area contributed by atoms with E-state index in [-0.39, 0.29) is 18.4 Å². The highest BCUT2D eigenvalue weighted by Gasteiger charge is 2.35. The van der Waals surface area contributed by atoms with Gasteiger partial charge < -0.3 is 0 Å². The van der Waals surface area contributed by atoms with Crippen molar-refractivity contribution in [2.45, 2.75) is 13.5 Å². The molecule has 1 aromatic carbocycles. The van der Waals surface area contributed by atoms with Crippen molar-refractivity contribution in [3.05, 3.63) is 46.8 Å². The summed E-state index contributed by atoms with van der Waals surface area (Å²) < 4.78 is 4.55. The molecule has 0 unspecified atom stereocenters. The molecular weight excluding hydrogens is 234 g/mol. The average molecular weight is 243 g/mol. The number of hydrogen-bond donors (Lipinski definition) is 0. The Labute approximate surface area is 102 Å². The van der Waals surface area contributed by atoms with Gasteiger partial charge in [-0.25, -0.2) is 4.63 Å². The standard InChI is InChI=1S/C12H9N3O3/c1-7-10(14-18-13-7)6-15-11(16)8-4-2-3-5-9(8)12(15)17/h2-5H,6H2,1H3. The van der Waals surface area contributed by atoms with Gasteiger partial charge in [0.1, 0.15) is 11.4 Å². The van der Waals surface area contributed by atoms with E-state index in [2.05, 4.69) is 14.9 Å². The third kappa shape index (κ3) is 1.42. The average Bonchev–Trinajstić information content (AvgIpc) is 2.89. The van der Waals surface area contributed by atoms with Crippen molar-refractivity contribution < 1.29 is 14.2 Å². The number of carbonyl (C=O) groups is 2. The highest BCUT2D eigenvalue weighted by molar-refractivity contribution is 6.21. The van der Waals surface area contributed by atoms with Gasteiger partial charge in [0.05, 0.1) is 17.7 Å². The van der Waals surface area contributed by atoms with Gasteiger partial charge in [0.2, 0.25) is 0 Å². The summed E-state index contributed by atoms with van der Waals surface area (Å²) >= 11 is 0. The molecule has 6 heteroatoms. The minimum Gasteiger partial charge on any atom is -0.269 e. The molecule has 1 aliphatic heterocycles. The molecule has 3 rings (SSSR count). The van der Waals surface area contributed by atoms with Crippen LogP contribution in [0.5, 0.6) is 0 Å². The molecular formula is C12H9N3O3. The fourth-order valence-corrected chi connectivity index (χ4v) is 1.93. The highest BCUT2D eigenvalue weighted by Crippen LogP contribution is 2.24. The Morgan fingerprint density at radius 3 is 2.22 bits per heavy atom. The van der Waals surface area contributed by atoms with E-state index in [0.29, 0.717) is 22.5 Å². The highest BCUT2D eigenvalue weighted by atomic mass is 16.6. The number of aryl methyl sites for hydroxylation is 1. The lowest BCUT2D eigenvalue weighted by Crippen LogP contribution is -2.29. The van der Waals surface area contributed by atoms with Gasteiger partial charge in [0.15, 0.2) is 0 Å². The molecule has 0 spiro atoms. The Kier molecular flexibility index (Phi) is 2.22. The van der Waals surface area contributed by atoms with Crippen LogP contribution in [0.2, 0.25) is 0 Å². The number of amides is 2. The van der Waals surface area contributed by atoms with Crippen molar-refractivity contribution in [1.29, 1.82) is 0 Å². The number of aromatic nitrogens is 2. The third-order valence-corrected chi connectivity index (χ3v) is 2.93. The Morgan fingerprint density at radius 2 is 1.72 bits per heavy atom. The summed E-state index contributed by atoms with van der Waals surface area (Å²) in [6, 6.07) is 6.75. The van der Waals surface area contributed by atoms with Crippen molar-refractivity contribution in [2.24, 2.45) is 0 Å². The topological polar surface area (TPSA) is 76.3 Å². The van der Waals surface area contributed by atoms with Crippen molar-refractivity contribution in [3.63, 3.8) is 0 Å². The van der Waals surface area contributed by atoms with Crippen LogP contribution >= 0.6 is 0 Å². The zero-order valence-corrected chi connectivity index (χ0v) is 9.58. The fraction of sp³-hybridized carbons (Fsp3) is 0.167. The van der Waals surface area contributed by atoms with Crippen LogP contribution in [0.25, 0.3) is 0 Å². The molecule has 2 aromatic rings. The number of benzene rings is 1. The maximum absolute atomic E-state index is 12.1. The number of nitrogens with zero attached hydrogens (tertiary/aromatic N) is 3. The summed E-state index contributed by atoms with van der Waals surface area (Å²) in [5, 5.41) is 7.30. The van der Waals surface area contributed by atoms with E-state index in [9.17, 15) is 9.59 Å². The SMILES string of the molecule is Cc1nonc1CN1C(=O)c2ccccc2C1=O. The Hall–Kier alpha value is -2.50. The van der Waals surface area contributed by atoms with Crippen LogP contribution in [0, 0.1) is 6.92 Å². The number of carbonyl (C=O) groups excluding carboxylic acids is 2. The molecule has 1 aromatic heterocycles. The van der Waals surface area contributed by atoms with Gasteiger partial charge in [-0.3, -0.25) is 14.5 Å². The van der Waals surface area contributed by atoms with Crippen LogP contribution in [0.4, 0.5) is 0 Å². The maximum atomic E-state index is 12.1. The first kappa shape index (κ1) is 10.6. The summed E-state index contributed by atoms with van der Waals surface area (Å²) in [6.07, 6.45) is 0. The van der Waals surface area contributed by atoms with E-state index < -0.39 is 0 Å². The van der Waals surface area contributed by atoms with Gasteiger partial charge in [-0.2, -0.15) is 0 Å². The zero-order chi connectivity index (χ0) is 12.7. The molecule has 2 heterocycles. The lowest BCUT2D eigenvalue weighted by atomic mass is 10.1. The first-order valence-corrected chi connectivity index (χ1v) is 5.41. The molecule has 90 valence electrons. The van der Waals surface area contributed by atoms with Crippen molar-refractivity contribution in [2.75, 3.05) is 0 Å². The first-order chi connectivity index (χ1) is 8.68. The number of fused-ring (bicyclic) bond motifs is 1. The van der Waals surface area contributed by atoms with Crippen LogP contribution in [-0.4, -0.2) is 27.0 Å². The summed E-state index contributed by atoms with van der Waals surface area (Å²) in [6.45, 7) is 1.80. The van der Waals surface area contributed by atoms with Crippen molar-refractivity contribution >= 4 is 11.8 Å². The van der Waals surface area contributed by atoms with E-state index in [4.69, 9.17) is 0 Å². The molecule has 0 saturated heterocycles. The molecule has 0 aliphatic carbocycles. The zero-order valence-electron chi connectivity index (χ0n) is 9.58. The minimum atomic E-state index is -0.307. The quantitative estimate of drug-likeness (QED) is 0.740. The second kappa shape index (κ2) is 3.76. The molecule has 18 heavy (non-hydrogen) atoms. The van der Waals surface area contributed by atoms with E-state index in [1.807, 2.05) is 0 Å². The van der Waals surface area contributed by atoms with Crippen molar-refractivity contribution in [3.8, 4) is 0 Å².